The van der Waals surface area contributed by atoms with Crippen LogP contribution in [0.4, 0.5) is 13.6 Å². The summed E-state index contributed by atoms with van der Waals surface area (Å²) in [6.45, 7) is 0.0732. The molecule has 0 radical (unpaired) electrons. The molecule has 2 amide bonds. The fraction of sp³-hybridized carbons (Fsp3) is 0.917. The molecule has 5 nitrogen and oxygen atoms in total. The lowest BCUT2D eigenvalue weighted by Gasteiger charge is -2.31. The molecule has 0 bridgehead atoms. The Labute approximate surface area is 111 Å². The second-order valence-electron chi connectivity index (χ2n) is 5.00. The first-order valence-electron chi connectivity index (χ1n) is 6.71. The summed E-state index contributed by atoms with van der Waals surface area (Å²) in [7, 11) is 0. The average Bonchev–Trinajstić information content (AvgIpc) is 2.78. The molecule has 2 N–H and O–H groups in total. The molecule has 2 aliphatic rings. The van der Waals surface area contributed by atoms with Crippen molar-refractivity contribution in [1.29, 1.82) is 0 Å². The van der Waals surface area contributed by atoms with Crippen LogP contribution in [0.5, 0.6) is 0 Å². The van der Waals surface area contributed by atoms with Crippen LogP contribution in [0.1, 0.15) is 32.1 Å². The normalized spacial score (nSPS) is 25.7. The summed E-state index contributed by atoms with van der Waals surface area (Å²) in [5.41, 5.74) is 0. The Bertz CT molecular complexity index is 309. The summed E-state index contributed by atoms with van der Waals surface area (Å²) in [4.78, 5) is 11.2. The topological polar surface area (TPSA) is 59.6 Å². The molecular formula is C12H20F2N2O3. The summed E-state index contributed by atoms with van der Waals surface area (Å²) in [6, 6.07) is -0.603. The Balaban J connectivity index is 1.66. The smallest absolute Gasteiger partial charge is 0.315 e. The molecule has 19 heavy (non-hydrogen) atoms. The maximum Gasteiger partial charge on any atom is 0.315 e. The summed E-state index contributed by atoms with van der Waals surface area (Å²) >= 11 is 0. The molecule has 0 aromatic carbocycles. The lowest BCUT2D eigenvalue weighted by atomic mass is 9.94. The first-order valence-corrected chi connectivity index (χ1v) is 6.71. The van der Waals surface area contributed by atoms with Crippen LogP contribution in [-0.4, -0.2) is 44.0 Å². The third-order valence-electron chi connectivity index (χ3n) is 3.44. The van der Waals surface area contributed by atoms with E-state index in [0.717, 1.165) is 25.7 Å². The summed E-state index contributed by atoms with van der Waals surface area (Å²) in [6.07, 6.45) is 2.43. The zero-order valence-electron chi connectivity index (χ0n) is 10.8. The molecule has 1 spiro atoms. The van der Waals surface area contributed by atoms with E-state index in [-0.39, 0.29) is 12.6 Å². The number of ether oxygens (including phenoxy) is 2. The molecule has 1 saturated carbocycles. The molecule has 0 aromatic heterocycles. The van der Waals surface area contributed by atoms with Crippen LogP contribution in [0.2, 0.25) is 0 Å². The quantitative estimate of drug-likeness (QED) is 0.821. The number of alkyl halides is 2. The van der Waals surface area contributed by atoms with E-state index in [9.17, 15) is 13.6 Å². The molecule has 7 heteroatoms. The number of nitrogens with one attached hydrogen (secondary N) is 2. The van der Waals surface area contributed by atoms with Gasteiger partial charge in [-0.2, -0.15) is 0 Å². The van der Waals surface area contributed by atoms with Gasteiger partial charge in [0, 0.05) is 19.4 Å². The highest BCUT2D eigenvalue weighted by Crippen LogP contribution is 2.37. The van der Waals surface area contributed by atoms with E-state index in [4.69, 9.17) is 9.47 Å². The molecule has 1 aliphatic heterocycles. The number of hydrogen-bond acceptors (Lipinski definition) is 3. The van der Waals surface area contributed by atoms with Gasteiger partial charge >= 0.3 is 6.03 Å². The Morgan fingerprint density at radius 1 is 1.26 bits per heavy atom. The van der Waals surface area contributed by atoms with Crippen LogP contribution in [0.15, 0.2) is 0 Å². The van der Waals surface area contributed by atoms with Crippen LogP contribution in [0, 0.1) is 0 Å². The van der Waals surface area contributed by atoms with E-state index >= 15 is 0 Å². The van der Waals surface area contributed by atoms with E-state index < -0.39 is 24.8 Å². The minimum absolute atomic E-state index is 0.199. The van der Waals surface area contributed by atoms with E-state index in [0.29, 0.717) is 6.61 Å². The van der Waals surface area contributed by atoms with Crippen molar-refractivity contribution in [2.24, 2.45) is 0 Å². The van der Waals surface area contributed by atoms with Gasteiger partial charge in [0.15, 0.2) is 5.79 Å². The zero-order valence-corrected chi connectivity index (χ0v) is 10.8. The number of carbonyl (C=O) groups excluding carboxylic acids is 1. The van der Waals surface area contributed by atoms with E-state index in [1.807, 2.05) is 0 Å². The largest absolute Gasteiger partial charge is 0.347 e. The summed E-state index contributed by atoms with van der Waals surface area (Å²) in [5, 5.41) is 4.59. The van der Waals surface area contributed by atoms with Gasteiger partial charge in [-0.05, 0) is 12.8 Å². The fourth-order valence-electron chi connectivity index (χ4n) is 2.51. The van der Waals surface area contributed by atoms with E-state index in [2.05, 4.69) is 10.6 Å². The van der Waals surface area contributed by atoms with Gasteiger partial charge in [0.1, 0.15) is 6.10 Å². The second-order valence-corrected chi connectivity index (χ2v) is 5.00. The Kier molecular flexibility index (Phi) is 4.93. The number of rotatable bonds is 4. The van der Waals surface area contributed by atoms with Crippen molar-refractivity contribution >= 4 is 6.03 Å². The molecular weight excluding hydrogens is 258 g/mol. The van der Waals surface area contributed by atoms with E-state index in [1.54, 1.807) is 0 Å². The summed E-state index contributed by atoms with van der Waals surface area (Å²) < 4.78 is 35.3. The fourth-order valence-corrected chi connectivity index (χ4v) is 2.51. The van der Waals surface area contributed by atoms with Crippen molar-refractivity contribution in [3.63, 3.8) is 0 Å². The first kappa shape index (κ1) is 14.5. The summed E-state index contributed by atoms with van der Waals surface area (Å²) in [5.74, 6) is -0.468. The first-order chi connectivity index (χ1) is 9.10. The Morgan fingerprint density at radius 2 is 2.00 bits per heavy atom. The van der Waals surface area contributed by atoms with Gasteiger partial charge in [-0.15, -0.1) is 0 Å². The molecule has 0 aromatic rings. The number of carbonyl (C=O) groups is 1. The molecule has 1 heterocycles. The molecule has 2 rings (SSSR count). The van der Waals surface area contributed by atoms with Crippen molar-refractivity contribution in [1.82, 2.24) is 10.6 Å². The monoisotopic (exact) mass is 278 g/mol. The predicted molar refractivity (Wildman–Crippen MR) is 64.0 cm³/mol. The minimum Gasteiger partial charge on any atom is -0.347 e. The minimum atomic E-state index is -2.54. The van der Waals surface area contributed by atoms with Gasteiger partial charge < -0.3 is 20.1 Å². The third-order valence-corrected chi connectivity index (χ3v) is 3.44. The SMILES string of the molecule is O=C(NCC(F)F)NC[C@H]1COC2(CCCCC2)O1. The van der Waals surface area contributed by atoms with Gasteiger partial charge in [0.2, 0.25) is 0 Å². The van der Waals surface area contributed by atoms with Crippen LogP contribution >= 0.6 is 0 Å². The van der Waals surface area contributed by atoms with E-state index in [1.165, 1.54) is 6.42 Å². The standard InChI is InChI=1S/C12H20F2N2O3/c13-10(14)7-16-11(17)15-6-9-8-18-12(19-9)4-2-1-3-5-12/h9-10H,1-8H2,(H2,15,16,17)/t9-/m0/s1. The van der Waals surface area contributed by atoms with Crippen molar-refractivity contribution < 1.29 is 23.0 Å². The lowest BCUT2D eigenvalue weighted by Crippen LogP contribution is -2.42. The maximum atomic E-state index is 11.9. The molecule has 1 atom stereocenters. The highest BCUT2D eigenvalue weighted by molar-refractivity contribution is 5.73. The highest BCUT2D eigenvalue weighted by Gasteiger charge is 2.42. The predicted octanol–water partition coefficient (Wildman–Crippen LogP) is 1.63. The van der Waals surface area contributed by atoms with Crippen molar-refractivity contribution in [2.45, 2.75) is 50.4 Å². The Hall–Kier alpha value is -0.950. The maximum absolute atomic E-state index is 11.9. The molecule has 0 unspecified atom stereocenters. The van der Waals surface area contributed by atoms with Crippen molar-refractivity contribution in [3.05, 3.63) is 0 Å². The molecule has 1 saturated heterocycles. The average molecular weight is 278 g/mol. The van der Waals surface area contributed by atoms with Gasteiger partial charge in [-0.1, -0.05) is 6.42 Å². The molecule has 2 fully saturated rings. The van der Waals surface area contributed by atoms with Gasteiger partial charge in [0.05, 0.1) is 13.2 Å². The van der Waals surface area contributed by atoms with Gasteiger partial charge in [-0.25, -0.2) is 13.6 Å². The molecule has 110 valence electrons. The number of amides is 2. The van der Waals surface area contributed by atoms with Crippen LogP contribution < -0.4 is 10.6 Å². The van der Waals surface area contributed by atoms with Crippen LogP contribution in [0.3, 0.4) is 0 Å². The van der Waals surface area contributed by atoms with Crippen molar-refractivity contribution in [3.8, 4) is 0 Å². The third kappa shape index (κ3) is 4.28. The van der Waals surface area contributed by atoms with Gasteiger partial charge in [-0.3, -0.25) is 0 Å². The van der Waals surface area contributed by atoms with Crippen molar-refractivity contribution in [2.75, 3.05) is 19.7 Å². The van der Waals surface area contributed by atoms with Gasteiger partial charge in [0.25, 0.3) is 6.43 Å². The second kappa shape index (κ2) is 6.47. The van der Waals surface area contributed by atoms with Crippen LogP contribution in [0.25, 0.3) is 0 Å². The lowest BCUT2D eigenvalue weighted by molar-refractivity contribution is -0.186. The highest BCUT2D eigenvalue weighted by atomic mass is 19.3. The Morgan fingerprint density at radius 3 is 2.68 bits per heavy atom. The van der Waals surface area contributed by atoms with Crippen LogP contribution in [-0.2, 0) is 9.47 Å². The number of urea groups is 1. The zero-order chi connectivity index (χ0) is 13.7. The number of halogens is 2. The molecule has 1 aliphatic carbocycles. The number of hydrogen-bond donors (Lipinski definition) is 2.